The minimum absolute atomic E-state index is 0.0392. The molecule has 29 heavy (non-hydrogen) atoms. The summed E-state index contributed by atoms with van der Waals surface area (Å²) in [7, 11) is -3.72. The first-order valence-electron chi connectivity index (χ1n) is 10.6. The normalized spacial score (nSPS) is 25.0. The third-order valence-corrected chi connectivity index (χ3v) is 9.46. The number of nitrogens with zero attached hydrogens (tertiary/aromatic N) is 2. The Morgan fingerprint density at radius 3 is 2.31 bits per heavy atom. The Balaban J connectivity index is 1.41. The van der Waals surface area contributed by atoms with Crippen molar-refractivity contribution in [3.63, 3.8) is 0 Å². The molecule has 2 heterocycles. The Bertz CT molecular complexity index is 863. The van der Waals surface area contributed by atoms with Crippen molar-refractivity contribution >= 4 is 39.1 Å². The van der Waals surface area contributed by atoms with Gasteiger partial charge in [0.1, 0.15) is 4.90 Å². The summed E-state index contributed by atoms with van der Waals surface area (Å²) < 4.78 is 27.5. The van der Waals surface area contributed by atoms with E-state index < -0.39 is 10.0 Å². The van der Waals surface area contributed by atoms with Crippen molar-refractivity contribution in [2.75, 3.05) is 19.6 Å². The second-order valence-corrected chi connectivity index (χ2v) is 11.3. The summed E-state index contributed by atoms with van der Waals surface area (Å²) in [6.45, 7) is 1.53. The number of halogens is 2. The lowest BCUT2D eigenvalue weighted by atomic mass is 9.92. The van der Waals surface area contributed by atoms with Crippen LogP contribution in [0.4, 0.5) is 0 Å². The van der Waals surface area contributed by atoms with Gasteiger partial charge < -0.3 is 4.90 Å². The van der Waals surface area contributed by atoms with Crippen molar-refractivity contribution < 1.29 is 13.2 Å². The van der Waals surface area contributed by atoms with E-state index in [-0.39, 0.29) is 21.7 Å². The lowest BCUT2D eigenvalue weighted by Gasteiger charge is -2.36. The van der Waals surface area contributed by atoms with E-state index in [0.29, 0.717) is 42.9 Å². The standard InChI is InChI=1S/C21H28Cl2N2O3S/c22-17-7-8-18(23)20(14-17)29(27,28)24-12-9-16(10-13-24)21(26)25-11-3-6-19(25)15-4-1-2-5-15/h7-8,14-16,19H,1-6,9-13H2. The van der Waals surface area contributed by atoms with E-state index in [0.717, 1.165) is 19.4 Å². The number of rotatable bonds is 4. The molecule has 160 valence electrons. The van der Waals surface area contributed by atoms with E-state index in [1.165, 1.54) is 42.1 Å². The molecule has 1 atom stereocenters. The first kappa shape index (κ1) is 21.4. The van der Waals surface area contributed by atoms with E-state index >= 15 is 0 Å². The van der Waals surface area contributed by atoms with Gasteiger partial charge in [-0.1, -0.05) is 36.0 Å². The van der Waals surface area contributed by atoms with Gasteiger partial charge in [0.25, 0.3) is 0 Å². The van der Waals surface area contributed by atoms with Gasteiger partial charge in [-0.3, -0.25) is 4.79 Å². The van der Waals surface area contributed by atoms with Gasteiger partial charge in [0.15, 0.2) is 0 Å². The number of hydrogen-bond acceptors (Lipinski definition) is 3. The fraction of sp³-hybridized carbons (Fsp3) is 0.667. The van der Waals surface area contributed by atoms with Crippen LogP contribution in [0.1, 0.15) is 51.4 Å². The van der Waals surface area contributed by atoms with E-state index in [9.17, 15) is 13.2 Å². The van der Waals surface area contributed by atoms with Crippen molar-refractivity contribution in [1.29, 1.82) is 0 Å². The van der Waals surface area contributed by atoms with Crippen LogP contribution in [0.2, 0.25) is 10.0 Å². The number of likely N-dealkylation sites (tertiary alicyclic amines) is 1. The average molecular weight is 459 g/mol. The SMILES string of the molecule is O=C(C1CCN(S(=O)(=O)c2cc(Cl)ccc2Cl)CC1)N1CCCC1C1CCCC1. The molecule has 8 heteroatoms. The number of piperidine rings is 1. The predicted molar refractivity (Wildman–Crippen MR) is 115 cm³/mol. The Labute approximate surface area is 183 Å². The minimum Gasteiger partial charge on any atom is -0.339 e. The molecule has 0 radical (unpaired) electrons. The van der Waals surface area contributed by atoms with Crippen LogP contribution >= 0.6 is 23.2 Å². The molecule has 1 amide bonds. The quantitative estimate of drug-likeness (QED) is 0.663. The molecular formula is C21H28Cl2N2O3S. The number of sulfonamides is 1. The van der Waals surface area contributed by atoms with Crippen molar-refractivity contribution in [3.05, 3.63) is 28.2 Å². The second-order valence-electron chi connectivity index (χ2n) is 8.54. The molecule has 0 spiro atoms. The molecule has 4 rings (SSSR count). The summed E-state index contributed by atoms with van der Waals surface area (Å²) >= 11 is 12.1. The fourth-order valence-electron chi connectivity index (χ4n) is 5.29. The maximum atomic E-state index is 13.2. The van der Waals surface area contributed by atoms with Crippen LogP contribution in [0.3, 0.4) is 0 Å². The molecule has 1 aromatic carbocycles. The highest BCUT2D eigenvalue weighted by Gasteiger charge is 2.40. The van der Waals surface area contributed by atoms with Crippen molar-refractivity contribution in [1.82, 2.24) is 9.21 Å². The average Bonchev–Trinajstić information content (AvgIpc) is 3.40. The zero-order valence-electron chi connectivity index (χ0n) is 16.5. The zero-order chi connectivity index (χ0) is 20.6. The maximum absolute atomic E-state index is 13.2. The molecule has 3 aliphatic rings. The summed E-state index contributed by atoms with van der Waals surface area (Å²) in [5.74, 6) is 0.808. The van der Waals surface area contributed by atoms with Gasteiger partial charge >= 0.3 is 0 Å². The molecule has 2 aliphatic heterocycles. The molecule has 0 N–H and O–H groups in total. The number of hydrogen-bond donors (Lipinski definition) is 0. The van der Waals surface area contributed by atoms with Crippen molar-refractivity contribution in [2.24, 2.45) is 11.8 Å². The molecule has 1 aliphatic carbocycles. The minimum atomic E-state index is -3.72. The highest BCUT2D eigenvalue weighted by atomic mass is 35.5. The third-order valence-electron chi connectivity index (χ3n) is 6.84. The summed E-state index contributed by atoms with van der Waals surface area (Å²) in [6.07, 6.45) is 8.38. The van der Waals surface area contributed by atoms with E-state index in [2.05, 4.69) is 4.90 Å². The molecule has 2 saturated heterocycles. The Kier molecular flexibility index (Phi) is 6.45. The molecule has 1 unspecified atom stereocenters. The third kappa shape index (κ3) is 4.32. The van der Waals surface area contributed by atoms with Gasteiger partial charge in [0.05, 0.1) is 5.02 Å². The van der Waals surface area contributed by atoms with Gasteiger partial charge in [-0.25, -0.2) is 8.42 Å². The number of carbonyl (C=O) groups is 1. The largest absolute Gasteiger partial charge is 0.339 e. The smallest absolute Gasteiger partial charge is 0.244 e. The molecule has 1 saturated carbocycles. The zero-order valence-corrected chi connectivity index (χ0v) is 18.9. The van der Waals surface area contributed by atoms with Crippen LogP contribution in [-0.2, 0) is 14.8 Å². The summed E-state index contributed by atoms with van der Waals surface area (Å²) in [5, 5.41) is 0.508. The highest BCUT2D eigenvalue weighted by molar-refractivity contribution is 7.89. The summed E-state index contributed by atoms with van der Waals surface area (Å²) in [6, 6.07) is 4.87. The van der Waals surface area contributed by atoms with Crippen LogP contribution in [0.5, 0.6) is 0 Å². The summed E-state index contributed by atoms with van der Waals surface area (Å²) in [4.78, 5) is 15.4. The Morgan fingerprint density at radius 1 is 0.931 bits per heavy atom. The van der Waals surface area contributed by atoms with Gasteiger partial charge in [0, 0.05) is 36.6 Å². The van der Waals surface area contributed by atoms with Gasteiger partial charge in [0.2, 0.25) is 15.9 Å². The van der Waals surface area contributed by atoms with E-state index in [4.69, 9.17) is 23.2 Å². The van der Waals surface area contributed by atoms with Crippen LogP contribution in [-0.4, -0.2) is 49.2 Å². The number of amides is 1. The predicted octanol–water partition coefficient (Wildman–Crippen LogP) is 4.58. The van der Waals surface area contributed by atoms with Gasteiger partial charge in [-0.2, -0.15) is 4.31 Å². The lowest BCUT2D eigenvalue weighted by molar-refractivity contribution is -0.138. The maximum Gasteiger partial charge on any atom is 0.244 e. The van der Waals surface area contributed by atoms with Crippen LogP contribution in [0.25, 0.3) is 0 Å². The number of benzene rings is 1. The molecular weight excluding hydrogens is 431 g/mol. The lowest BCUT2D eigenvalue weighted by Crippen LogP contribution is -2.47. The fourth-order valence-corrected chi connectivity index (χ4v) is 7.50. The van der Waals surface area contributed by atoms with Crippen molar-refractivity contribution in [2.45, 2.75) is 62.3 Å². The highest BCUT2D eigenvalue weighted by Crippen LogP contribution is 2.37. The number of carbonyl (C=O) groups excluding carboxylic acids is 1. The first-order valence-corrected chi connectivity index (χ1v) is 12.8. The van der Waals surface area contributed by atoms with E-state index in [1.807, 2.05) is 0 Å². The molecule has 0 bridgehead atoms. The van der Waals surface area contributed by atoms with Gasteiger partial charge in [-0.05, 0) is 62.6 Å². The molecule has 5 nitrogen and oxygen atoms in total. The van der Waals surface area contributed by atoms with Gasteiger partial charge in [-0.15, -0.1) is 0 Å². The molecule has 0 aromatic heterocycles. The van der Waals surface area contributed by atoms with Crippen LogP contribution in [0, 0.1) is 11.8 Å². The van der Waals surface area contributed by atoms with Crippen LogP contribution < -0.4 is 0 Å². The Hall–Kier alpha value is -0.820. The molecule has 3 fully saturated rings. The molecule has 1 aromatic rings. The van der Waals surface area contributed by atoms with Crippen molar-refractivity contribution in [3.8, 4) is 0 Å². The van der Waals surface area contributed by atoms with E-state index in [1.54, 1.807) is 6.07 Å². The monoisotopic (exact) mass is 458 g/mol. The second kappa shape index (κ2) is 8.74. The summed E-state index contributed by atoms with van der Waals surface area (Å²) in [5.41, 5.74) is 0. The Morgan fingerprint density at radius 2 is 1.62 bits per heavy atom. The van der Waals surface area contributed by atoms with Crippen LogP contribution in [0.15, 0.2) is 23.1 Å². The topological polar surface area (TPSA) is 57.7 Å². The first-order chi connectivity index (χ1) is 13.9.